The molecule has 0 aliphatic heterocycles. The smallest absolute Gasteiger partial charge is 0.234 e. The van der Waals surface area contributed by atoms with Crippen molar-refractivity contribution in [3.8, 4) is 0 Å². The van der Waals surface area contributed by atoms with Crippen LogP contribution in [-0.2, 0) is 4.79 Å². The summed E-state index contributed by atoms with van der Waals surface area (Å²) in [6, 6.07) is 0. The Kier molecular flexibility index (Phi) is 8.94. The standard InChI is InChI=1S/C12H24BrNO2/c1-4-5-10(6-7-15)8-14-12(16)11(13)9(2)3/h9-11,15H,4-8H2,1-3H3,(H,14,16). The van der Waals surface area contributed by atoms with Crippen LogP contribution in [0.2, 0.25) is 0 Å². The molecule has 2 N–H and O–H groups in total. The van der Waals surface area contributed by atoms with E-state index in [1.807, 2.05) is 13.8 Å². The lowest BCUT2D eigenvalue weighted by Gasteiger charge is -2.18. The first kappa shape index (κ1) is 15.9. The van der Waals surface area contributed by atoms with E-state index >= 15 is 0 Å². The normalized spacial score (nSPS) is 14.9. The summed E-state index contributed by atoms with van der Waals surface area (Å²) in [5.41, 5.74) is 0. The first-order valence-corrected chi connectivity index (χ1v) is 6.97. The third-order valence-electron chi connectivity index (χ3n) is 2.64. The molecule has 0 saturated heterocycles. The maximum atomic E-state index is 11.7. The average Bonchev–Trinajstić information content (AvgIpc) is 2.24. The van der Waals surface area contributed by atoms with Crippen LogP contribution in [0.3, 0.4) is 0 Å². The minimum Gasteiger partial charge on any atom is -0.396 e. The number of carbonyl (C=O) groups is 1. The fourth-order valence-electron chi connectivity index (χ4n) is 1.58. The predicted molar refractivity (Wildman–Crippen MR) is 70.7 cm³/mol. The Labute approximate surface area is 107 Å². The summed E-state index contributed by atoms with van der Waals surface area (Å²) in [6.07, 6.45) is 2.90. The van der Waals surface area contributed by atoms with Crippen molar-refractivity contribution in [1.29, 1.82) is 0 Å². The maximum absolute atomic E-state index is 11.7. The van der Waals surface area contributed by atoms with Crippen LogP contribution in [0.1, 0.15) is 40.0 Å². The second kappa shape index (κ2) is 8.99. The second-order valence-electron chi connectivity index (χ2n) is 4.56. The van der Waals surface area contributed by atoms with Gasteiger partial charge in [0.05, 0.1) is 4.83 Å². The Morgan fingerprint density at radius 3 is 2.44 bits per heavy atom. The topological polar surface area (TPSA) is 49.3 Å². The van der Waals surface area contributed by atoms with Gasteiger partial charge >= 0.3 is 0 Å². The minimum atomic E-state index is -0.121. The lowest BCUT2D eigenvalue weighted by atomic mass is 10.00. The van der Waals surface area contributed by atoms with Crippen molar-refractivity contribution in [3.05, 3.63) is 0 Å². The largest absolute Gasteiger partial charge is 0.396 e. The molecule has 0 spiro atoms. The molecule has 96 valence electrons. The number of rotatable bonds is 8. The van der Waals surface area contributed by atoms with E-state index in [2.05, 4.69) is 28.2 Å². The molecule has 0 aliphatic rings. The molecule has 2 atom stereocenters. The number of alkyl halides is 1. The van der Waals surface area contributed by atoms with Crippen LogP contribution in [0, 0.1) is 11.8 Å². The number of nitrogens with one attached hydrogen (secondary N) is 1. The van der Waals surface area contributed by atoms with Gasteiger partial charge in [-0.15, -0.1) is 0 Å². The molecule has 4 heteroatoms. The van der Waals surface area contributed by atoms with E-state index < -0.39 is 0 Å². The number of hydrogen-bond donors (Lipinski definition) is 2. The summed E-state index contributed by atoms with van der Waals surface area (Å²) in [4.78, 5) is 11.6. The van der Waals surface area contributed by atoms with Gasteiger partial charge < -0.3 is 10.4 Å². The molecule has 0 fully saturated rings. The first-order valence-electron chi connectivity index (χ1n) is 6.05. The van der Waals surface area contributed by atoms with E-state index in [-0.39, 0.29) is 17.3 Å². The predicted octanol–water partition coefficient (Wildman–Crippen LogP) is 2.32. The van der Waals surface area contributed by atoms with Crippen molar-refractivity contribution >= 4 is 21.8 Å². The molecule has 0 aromatic carbocycles. The van der Waals surface area contributed by atoms with E-state index in [9.17, 15) is 4.79 Å². The van der Waals surface area contributed by atoms with E-state index in [4.69, 9.17) is 5.11 Å². The third kappa shape index (κ3) is 6.48. The van der Waals surface area contributed by atoms with Crippen molar-refractivity contribution in [1.82, 2.24) is 5.32 Å². The highest BCUT2D eigenvalue weighted by Crippen LogP contribution is 2.13. The van der Waals surface area contributed by atoms with E-state index in [0.717, 1.165) is 19.3 Å². The first-order chi connectivity index (χ1) is 7.52. The van der Waals surface area contributed by atoms with Gasteiger partial charge in [-0.1, -0.05) is 43.1 Å². The van der Waals surface area contributed by atoms with Crippen molar-refractivity contribution in [2.45, 2.75) is 44.9 Å². The van der Waals surface area contributed by atoms with Crippen LogP contribution in [-0.4, -0.2) is 29.0 Å². The SMILES string of the molecule is CCCC(CCO)CNC(=O)C(Br)C(C)C. The molecule has 0 heterocycles. The Balaban J connectivity index is 3.94. The number of aliphatic hydroxyl groups is 1. The molecule has 0 bridgehead atoms. The van der Waals surface area contributed by atoms with Gasteiger partial charge in [0.2, 0.25) is 5.91 Å². The zero-order valence-electron chi connectivity index (χ0n) is 10.5. The van der Waals surface area contributed by atoms with E-state index in [1.165, 1.54) is 0 Å². The van der Waals surface area contributed by atoms with Gasteiger partial charge in [0.15, 0.2) is 0 Å². The van der Waals surface area contributed by atoms with Crippen LogP contribution in [0.5, 0.6) is 0 Å². The number of carbonyl (C=O) groups excluding carboxylic acids is 1. The number of halogens is 1. The molecule has 0 rings (SSSR count). The fraction of sp³-hybridized carbons (Fsp3) is 0.917. The van der Waals surface area contributed by atoms with Gasteiger partial charge in [-0.2, -0.15) is 0 Å². The van der Waals surface area contributed by atoms with E-state index in [1.54, 1.807) is 0 Å². The minimum absolute atomic E-state index is 0.0500. The zero-order valence-corrected chi connectivity index (χ0v) is 12.1. The van der Waals surface area contributed by atoms with Crippen LogP contribution >= 0.6 is 15.9 Å². The van der Waals surface area contributed by atoms with Crippen LogP contribution in [0.25, 0.3) is 0 Å². The van der Waals surface area contributed by atoms with Crippen molar-refractivity contribution in [3.63, 3.8) is 0 Å². The van der Waals surface area contributed by atoms with Gasteiger partial charge in [0.25, 0.3) is 0 Å². The molecule has 2 unspecified atom stereocenters. The van der Waals surface area contributed by atoms with E-state index in [0.29, 0.717) is 18.4 Å². The number of hydrogen-bond acceptors (Lipinski definition) is 2. The fourth-order valence-corrected chi connectivity index (χ4v) is 1.75. The molecule has 16 heavy (non-hydrogen) atoms. The molecule has 0 saturated carbocycles. The molecule has 0 aromatic rings. The van der Waals surface area contributed by atoms with Crippen molar-refractivity contribution in [2.24, 2.45) is 11.8 Å². The summed E-state index contributed by atoms with van der Waals surface area (Å²) < 4.78 is 0. The van der Waals surface area contributed by atoms with Gasteiger partial charge in [0.1, 0.15) is 0 Å². The van der Waals surface area contributed by atoms with Crippen LogP contribution < -0.4 is 5.32 Å². The molecule has 0 aliphatic carbocycles. The van der Waals surface area contributed by atoms with Crippen LogP contribution in [0.4, 0.5) is 0 Å². The molecular formula is C12H24BrNO2. The third-order valence-corrected chi connectivity index (χ3v) is 4.11. The maximum Gasteiger partial charge on any atom is 0.234 e. The molecule has 0 radical (unpaired) electrons. The van der Waals surface area contributed by atoms with Crippen molar-refractivity contribution in [2.75, 3.05) is 13.2 Å². The number of amides is 1. The molecule has 3 nitrogen and oxygen atoms in total. The zero-order chi connectivity index (χ0) is 12.6. The number of aliphatic hydroxyl groups excluding tert-OH is 1. The highest BCUT2D eigenvalue weighted by Gasteiger charge is 2.19. The summed E-state index contributed by atoms with van der Waals surface area (Å²) >= 11 is 3.37. The summed E-state index contributed by atoms with van der Waals surface area (Å²) in [5, 5.41) is 11.8. The summed E-state index contributed by atoms with van der Waals surface area (Å²) in [7, 11) is 0. The molecule has 0 aromatic heterocycles. The Morgan fingerprint density at radius 2 is 2.00 bits per heavy atom. The summed E-state index contributed by atoms with van der Waals surface area (Å²) in [6.45, 7) is 7.00. The highest BCUT2D eigenvalue weighted by atomic mass is 79.9. The lowest BCUT2D eigenvalue weighted by Crippen LogP contribution is -2.37. The Bertz CT molecular complexity index is 191. The second-order valence-corrected chi connectivity index (χ2v) is 5.54. The monoisotopic (exact) mass is 293 g/mol. The van der Waals surface area contributed by atoms with Crippen LogP contribution in [0.15, 0.2) is 0 Å². The quantitative estimate of drug-likeness (QED) is 0.675. The Hall–Kier alpha value is -0.0900. The lowest BCUT2D eigenvalue weighted by molar-refractivity contribution is -0.121. The Morgan fingerprint density at radius 1 is 1.38 bits per heavy atom. The molecular weight excluding hydrogens is 270 g/mol. The highest BCUT2D eigenvalue weighted by molar-refractivity contribution is 9.10. The molecule has 1 amide bonds. The average molecular weight is 294 g/mol. The summed E-state index contributed by atoms with van der Waals surface area (Å²) in [5.74, 6) is 0.738. The van der Waals surface area contributed by atoms with Gasteiger partial charge in [-0.3, -0.25) is 4.79 Å². The van der Waals surface area contributed by atoms with Crippen molar-refractivity contribution < 1.29 is 9.90 Å². The van der Waals surface area contributed by atoms with Gasteiger partial charge in [-0.05, 0) is 24.7 Å². The van der Waals surface area contributed by atoms with Gasteiger partial charge in [0, 0.05) is 13.2 Å². The van der Waals surface area contributed by atoms with Gasteiger partial charge in [-0.25, -0.2) is 0 Å².